The van der Waals surface area contributed by atoms with Crippen LogP contribution in [0.2, 0.25) is 0 Å². The maximum atomic E-state index is 13.6. The van der Waals surface area contributed by atoms with E-state index in [-0.39, 0.29) is 42.2 Å². The second-order valence-electron chi connectivity index (χ2n) is 7.40. The van der Waals surface area contributed by atoms with Gasteiger partial charge in [0.15, 0.2) is 0 Å². The lowest BCUT2D eigenvalue weighted by molar-refractivity contribution is -0.131. The van der Waals surface area contributed by atoms with Gasteiger partial charge in [-0.15, -0.1) is 0 Å². The third-order valence-corrected chi connectivity index (χ3v) is 7.35. The van der Waals surface area contributed by atoms with E-state index in [1.165, 1.54) is 24.6 Å². The van der Waals surface area contributed by atoms with Crippen molar-refractivity contribution in [3.05, 3.63) is 18.2 Å². The summed E-state index contributed by atoms with van der Waals surface area (Å²) in [6.07, 6.45) is 1.65. The van der Waals surface area contributed by atoms with Crippen molar-refractivity contribution in [1.29, 1.82) is 0 Å². The minimum absolute atomic E-state index is 0.0250. The number of piperazine rings is 1. The molecule has 9 nitrogen and oxygen atoms in total. The number of nitrogens with zero attached hydrogens (tertiary/aromatic N) is 2. The van der Waals surface area contributed by atoms with Crippen molar-refractivity contribution in [1.82, 2.24) is 14.5 Å². The molecule has 2 aliphatic rings. The lowest BCUT2D eigenvalue weighted by atomic mass is 10.2. The van der Waals surface area contributed by atoms with Gasteiger partial charge in [-0.05, 0) is 25.0 Å². The first-order valence-corrected chi connectivity index (χ1v) is 11.7. The molecule has 0 aliphatic carbocycles. The molecule has 0 bridgehead atoms. The zero-order valence-corrected chi connectivity index (χ0v) is 18.4. The molecule has 2 saturated heterocycles. The van der Waals surface area contributed by atoms with Gasteiger partial charge in [0.1, 0.15) is 16.4 Å². The number of carbonyl (C=O) groups is 1. The van der Waals surface area contributed by atoms with Gasteiger partial charge in [-0.1, -0.05) is 0 Å². The highest BCUT2D eigenvalue weighted by Crippen LogP contribution is 2.31. The molecular weight excluding hydrogens is 410 g/mol. The second-order valence-corrected chi connectivity index (χ2v) is 9.30. The van der Waals surface area contributed by atoms with Crippen molar-refractivity contribution in [3.8, 4) is 11.5 Å². The summed E-state index contributed by atoms with van der Waals surface area (Å²) in [6, 6.07) is 4.67. The third kappa shape index (κ3) is 5.42. The maximum Gasteiger partial charge on any atom is 0.246 e. The van der Waals surface area contributed by atoms with Gasteiger partial charge in [0.05, 0.1) is 20.3 Å². The number of ether oxygens (including phenoxy) is 3. The van der Waals surface area contributed by atoms with Crippen molar-refractivity contribution >= 4 is 15.9 Å². The Morgan fingerprint density at radius 2 is 2.03 bits per heavy atom. The quantitative estimate of drug-likeness (QED) is 0.602. The van der Waals surface area contributed by atoms with Crippen LogP contribution in [-0.4, -0.2) is 89.7 Å². The monoisotopic (exact) mass is 441 g/mol. The maximum absolute atomic E-state index is 13.6. The molecule has 2 aliphatic heterocycles. The predicted molar refractivity (Wildman–Crippen MR) is 111 cm³/mol. The van der Waals surface area contributed by atoms with Crippen molar-refractivity contribution in [2.24, 2.45) is 0 Å². The van der Waals surface area contributed by atoms with Crippen LogP contribution in [0.1, 0.15) is 19.3 Å². The van der Waals surface area contributed by atoms with Crippen LogP contribution < -0.4 is 14.8 Å². The predicted octanol–water partition coefficient (Wildman–Crippen LogP) is 0.695. The highest BCUT2D eigenvalue weighted by Gasteiger charge is 2.32. The van der Waals surface area contributed by atoms with Crippen molar-refractivity contribution in [3.63, 3.8) is 0 Å². The van der Waals surface area contributed by atoms with Gasteiger partial charge < -0.3 is 24.4 Å². The van der Waals surface area contributed by atoms with Crippen LogP contribution in [0.15, 0.2) is 23.1 Å². The normalized spacial score (nSPS) is 19.8. The van der Waals surface area contributed by atoms with Gasteiger partial charge in [0.2, 0.25) is 15.9 Å². The van der Waals surface area contributed by atoms with Gasteiger partial charge >= 0.3 is 0 Å². The van der Waals surface area contributed by atoms with E-state index in [9.17, 15) is 13.2 Å². The molecule has 1 aromatic carbocycles. The minimum atomic E-state index is -3.93. The van der Waals surface area contributed by atoms with E-state index in [1.54, 1.807) is 17.0 Å². The van der Waals surface area contributed by atoms with E-state index in [1.807, 2.05) is 0 Å². The summed E-state index contributed by atoms with van der Waals surface area (Å²) in [4.78, 5) is 14.4. The molecule has 1 atom stereocenters. The summed E-state index contributed by atoms with van der Waals surface area (Å²) in [5, 5.41) is 3.21. The van der Waals surface area contributed by atoms with Crippen molar-refractivity contribution in [2.75, 3.05) is 60.1 Å². The first-order valence-electron chi connectivity index (χ1n) is 10.3. The van der Waals surface area contributed by atoms with E-state index in [0.717, 1.165) is 25.9 Å². The number of rotatable bonds is 9. The Labute approximate surface area is 178 Å². The molecule has 30 heavy (non-hydrogen) atoms. The van der Waals surface area contributed by atoms with E-state index >= 15 is 0 Å². The van der Waals surface area contributed by atoms with E-state index < -0.39 is 10.0 Å². The molecule has 3 rings (SSSR count). The standard InChI is InChI=1S/C20H31N3O6S/c1-27-16-5-6-18(28-2)19(14-16)30(25,26)23(15-17-4-3-13-29-17)10-7-20(24)22-11-8-21-9-12-22/h5-6,14,17,21H,3-4,7-13,15H2,1-2H3/t17-/m0/s1. The lowest BCUT2D eigenvalue weighted by Crippen LogP contribution is -2.47. The fraction of sp³-hybridized carbons (Fsp3) is 0.650. The van der Waals surface area contributed by atoms with Crippen LogP contribution in [-0.2, 0) is 19.6 Å². The highest BCUT2D eigenvalue weighted by molar-refractivity contribution is 7.89. The minimum Gasteiger partial charge on any atom is -0.497 e. The molecule has 2 heterocycles. The average Bonchev–Trinajstić information content (AvgIpc) is 3.29. The summed E-state index contributed by atoms with van der Waals surface area (Å²) >= 11 is 0. The number of methoxy groups -OCH3 is 2. The molecular formula is C20H31N3O6S. The first kappa shape index (κ1) is 22.8. The summed E-state index contributed by atoms with van der Waals surface area (Å²) < 4.78 is 44.6. The zero-order valence-electron chi connectivity index (χ0n) is 17.6. The highest BCUT2D eigenvalue weighted by atomic mass is 32.2. The Hall–Kier alpha value is -1.88. The molecule has 0 saturated carbocycles. The van der Waals surface area contributed by atoms with Crippen LogP contribution >= 0.6 is 0 Å². The van der Waals surface area contributed by atoms with Gasteiger partial charge in [-0.25, -0.2) is 8.42 Å². The number of nitrogens with one attached hydrogen (secondary N) is 1. The zero-order chi connectivity index (χ0) is 21.6. The lowest BCUT2D eigenvalue weighted by Gasteiger charge is -2.29. The van der Waals surface area contributed by atoms with Gasteiger partial charge in [-0.2, -0.15) is 4.31 Å². The van der Waals surface area contributed by atoms with Crippen LogP contribution in [0.4, 0.5) is 0 Å². The topological polar surface area (TPSA) is 97.4 Å². The number of hydrogen-bond acceptors (Lipinski definition) is 7. The average molecular weight is 442 g/mol. The number of amides is 1. The fourth-order valence-corrected chi connectivity index (χ4v) is 5.39. The summed E-state index contributed by atoms with van der Waals surface area (Å²) in [7, 11) is -1.01. The Bertz CT molecular complexity index is 820. The molecule has 10 heteroatoms. The summed E-state index contributed by atoms with van der Waals surface area (Å²) in [5.41, 5.74) is 0. The first-order chi connectivity index (χ1) is 14.5. The molecule has 2 fully saturated rings. The summed E-state index contributed by atoms with van der Waals surface area (Å²) in [5.74, 6) is 0.617. The molecule has 1 aromatic rings. The molecule has 1 amide bonds. The number of benzene rings is 1. The molecule has 0 aromatic heterocycles. The van der Waals surface area contributed by atoms with Crippen LogP contribution in [0, 0.1) is 0 Å². The molecule has 1 N–H and O–H groups in total. The Morgan fingerprint density at radius 1 is 1.27 bits per heavy atom. The second kappa shape index (κ2) is 10.4. The molecule has 0 spiro atoms. The van der Waals surface area contributed by atoms with Crippen molar-refractivity contribution in [2.45, 2.75) is 30.3 Å². The number of carbonyl (C=O) groups excluding carboxylic acids is 1. The molecule has 168 valence electrons. The summed E-state index contributed by atoms with van der Waals surface area (Å²) in [6.45, 7) is 3.71. The SMILES string of the molecule is COc1ccc(OC)c(S(=O)(=O)N(CCC(=O)N2CCNCC2)C[C@@H]2CCCO2)c1. The molecule has 0 radical (unpaired) electrons. The van der Waals surface area contributed by atoms with E-state index in [2.05, 4.69) is 5.32 Å². The smallest absolute Gasteiger partial charge is 0.246 e. The van der Waals surface area contributed by atoms with Crippen LogP contribution in [0.25, 0.3) is 0 Å². The van der Waals surface area contributed by atoms with Gasteiger partial charge in [0, 0.05) is 58.4 Å². The van der Waals surface area contributed by atoms with Gasteiger partial charge in [-0.3, -0.25) is 4.79 Å². The molecule has 0 unspecified atom stereocenters. The van der Waals surface area contributed by atoms with Crippen molar-refractivity contribution < 1.29 is 27.4 Å². The largest absolute Gasteiger partial charge is 0.497 e. The number of hydrogen-bond donors (Lipinski definition) is 1. The Balaban J connectivity index is 1.82. The van der Waals surface area contributed by atoms with E-state index in [0.29, 0.717) is 25.4 Å². The fourth-order valence-electron chi connectivity index (χ4n) is 3.74. The third-order valence-electron chi connectivity index (χ3n) is 5.46. The van der Waals surface area contributed by atoms with Gasteiger partial charge in [0.25, 0.3) is 0 Å². The van der Waals surface area contributed by atoms with Crippen LogP contribution in [0.3, 0.4) is 0 Å². The van der Waals surface area contributed by atoms with Crippen LogP contribution in [0.5, 0.6) is 11.5 Å². The Kier molecular flexibility index (Phi) is 7.93. The number of sulfonamides is 1. The Morgan fingerprint density at radius 3 is 2.67 bits per heavy atom. The van der Waals surface area contributed by atoms with E-state index in [4.69, 9.17) is 14.2 Å².